The quantitative estimate of drug-likeness (QED) is 0.319. The average molecular weight is 448 g/mol. The number of benzene rings is 2. The van der Waals surface area contributed by atoms with Gasteiger partial charge in [-0.1, -0.05) is 24.1 Å². The topological polar surface area (TPSA) is 59.9 Å². The van der Waals surface area contributed by atoms with E-state index in [0.717, 1.165) is 14.7 Å². The van der Waals surface area contributed by atoms with Crippen molar-refractivity contribution < 1.29 is 14.3 Å². The summed E-state index contributed by atoms with van der Waals surface area (Å²) in [6.07, 6.45) is 6.77. The Morgan fingerprint density at radius 2 is 2.16 bits per heavy atom. The first-order valence-electron chi connectivity index (χ1n) is 7.39. The molecule has 0 aromatic heterocycles. The van der Waals surface area contributed by atoms with Crippen LogP contribution in [0.25, 0.3) is 0 Å². The molecule has 0 aliphatic rings. The van der Waals surface area contributed by atoms with Crippen molar-refractivity contribution in [3.63, 3.8) is 0 Å². The van der Waals surface area contributed by atoms with E-state index in [2.05, 4.69) is 39.0 Å². The Hall–Kier alpha value is -2.53. The number of terminal acetylenes is 1. The largest absolute Gasteiger partial charge is 0.493 e. The Bertz CT molecular complexity index is 841. The van der Waals surface area contributed by atoms with Gasteiger partial charge in [0.2, 0.25) is 0 Å². The van der Waals surface area contributed by atoms with Gasteiger partial charge in [-0.3, -0.25) is 4.79 Å². The lowest BCUT2D eigenvalue weighted by molar-refractivity contribution is 0.0954. The number of hydrogen-bond donors (Lipinski definition) is 1. The van der Waals surface area contributed by atoms with E-state index in [4.69, 9.17) is 15.9 Å². The number of hydrazone groups is 1. The van der Waals surface area contributed by atoms with Gasteiger partial charge in [-0.15, -0.1) is 6.42 Å². The van der Waals surface area contributed by atoms with Gasteiger partial charge in [0.15, 0.2) is 11.5 Å². The lowest BCUT2D eigenvalue weighted by Gasteiger charge is -2.11. The highest BCUT2D eigenvalue weighted by atomic mass is 127. The number of nitrogens with one attached hydrogen (secondary N) is 1. The standard InChI is InChI=1S/C19H17IN2O3/c1-4-9-25-18-16(20)10-14(11-17(18)24-3)12-21-22-19(23)15-8-6-5-7-13(15)2/h1,5-8,10-12H,9H2,2-3H3,(H,22,23)/b21-12-. The van der Waals surface area contributed by atoms with Gasteiger partial charge < -0.3 is 9.47 Å². The van der Waals surface area contributed by atoms with E-state index < -0.39 is 0 Å². The van der Waals surface area contributed by atoms with Crippen molar-refractivity contribution in [1.82, 2.24) is 5.43 Å². The minimum Gasteiger partial charge on any atom is -0.493 e. The maximum atomic E-state index is 12.1. The van der Waals surface area contributed by atoms with E-state index in [0.29, 0.717) is 17.1 Å². The molecule has 0 saturated carbocycles. The number of rotatable bonds is 6. The fourth-order valence-electron chi connectivity index (χ4n) is 2.12. The van der Waals surface area contributed by atoms with Crippen LogP contribution < -0.4 is 14.9 Å². The molecular formula is C19H17IN2O3. The summed E-state index contributed by atoms with van der Waals surface area (Å²) in [4.78, 5) is 12.1. The van der Waals surface area contributed by atoms with E-state index in [1.165, 1.54) is 0 Å². The van der Waals surface area contributed by atoms with Crippen molar-refractivity contribution >= 4 is 34.7 Å². The van der Waals surface area contributed by atoms with Gasteiger partial charge in [-0.25, -0.2) is 5.43 Å². The number of halogens is 1. The number of amides is 1. The summed E-state index contributed by atoms with van der Waals surface area (Å²) in [7, 11) is 1.55. The third-order valence-corrected chi connectivity index (χ3v) is 4.12. The summed E-state index contributed by atoms with van der Waals surface area (Å²) in [5.74, 6) is 3.30. The lowest BCUT2D eigenvalue weighted by atomic mass is 10.1. The van der Waals surface area contributed by atoms with Crippen LogP contribution in [0.3, 0.4) is 0 Å². The molecule has 1 amide bonds. The van der Waals surface area contributed by atoms with E-state index in [1.807, 2.05) is 31.2 Å². The second-order valence-electron chi connectivity index (χ2n) is 5.04. The van der Waals surface area contributed by atoms with Crippen LogP contribution in [0.1, 0.15) is 21.5 Å². The van der Waals surface area contributed by atoms with Gasteiger partial charge in [0, 0.05) is 5.56 Å². The summed E-state index contributed by atoms with van der Waals surface area (Å²) in [5.41, 5.74) is 4.76. The summed E-state index contributed by atoms with van der Waals surface area (Å²) in [6.45, 7) is 2.03. The molecule has 0 atom stereocenters. The Kier molecular flexibility index (Phi) is 6.83. The fraction of sp³-hybridized carbons (Fsp3) is 0.158. The van der Waals surface area contributed by atoms with Crippen molar-refractivity contribution in [2.45, 2.75) is 6.92 Å². The van der Waals surface area contributed by atoms with Crippen LogP contribution in [0, 0.1) is 22.8 Å². The molecule has 2 aromatic carbocycles. The number of carbonyl (C=O) groups excluding carboxylic acids is 1. The van der Waals surface area contributed by atoms with Crippen molar-refractivity contribution in [2.75, 3.05) is 13.7 Å². The SMILES string of the molecule is C#CCOc1c(I)cc(/C=N\NC(=O)c2ccccc2C)cc1OC. The molecule has 0 bridgehead atoms. The molecule has 2 aromatic rings. The van der Waals surface area contributed by atoms with E-state index >= 15 is 0 Å². The normalized spacial score (nSPS) is 10.3. The zero-order chi connectivity index (χ0) is 18.2. The first kappa shape index (κ1) is 18.8. The average Bonchev–Trinajstić information content (AvgIpc) is 2.60. The molecule has 0 aliphatic carbocycles. The van der Waals surface area contributed by atoms with Crippen LogP contribution in [0.2, 0.25) is 0 Å². The Morgan fingerprint density at radius 1 is 1.40 bits per heavy atom. The highest BCUT2D eigenvalue weighted by molar-refractivity contribution is 14.1. The Balaban J connectivity index is 2.13. The molecule has 1 N–H and O–H groups in total. The Morgan fingerprint density at radius 3 is 2.84 bits per heavy atom. The second-order valence-corrected chi connectivity index (χ2v) is 6.20. The van der Waals surface area contributed by atoms with Crippen molar-refractivity contribution in [3.05, 3.63) is 56.7 Å². The van der Waals surface area contributed by atoms with E-state index in [1.54, 1.807) is 25.5 Å². The van der Waals surface area contributed by atoms with E-state index in [-0.39, 0.29) is 12.5 Å². The van der Waals surface area contributed by atoms with Crippen molar-refractivity contribution in [2.24, 2.45) is 5.10 Å². The van der Waals surface area contributed by atoms with Gasteiger partial charge in [0.25, 0.3) is 5.91 Å². The maximum Gasteiger partial charge on any atom is 0.271 e. The molecule has 128 valence electrons. The number of ether oxygens (including phenoxy) is 2. The number of carbonyl (C=O) groups is 1. The van der Waals surface area contributed by atoms with Crippen LogP contribution in [-0.4, -0.2) is 25.8 Å². The highest BCUT2D eigenvalue weighted by Gasteiger charge is 2.11. The molecule has 2 rings (SSSR count). The summed E-state index contributed by atoms with van der Waals surface area (Å²) < 4.78 is 11.7. The maximum absolute atomic E-state index is 12.1. The highest BCUT2D eigenvalue weighted by Crippen LogP contribution is 2.33. The molecule has 25 heavy (non-hydrogen) atoms. The lowest BCUT2D eigenvalue weighted by Crippen LogP contribution is -2.18. The van der Waals surface area contributed by atoms with Gasteiger partial charge in [-0.05, 0) is 58.8 Å². The molecule has 5 nitrogen and oxygen atoms in total. The zero-order valence-corrected chi connectivity index (χ0v) is 16.0. The first-order chi connectivity index (χ1) is 12.1. The number of hydrogen-bond acceptors (Lipinski definition) is 4. The Labute approximate surface area is 160 Å². The molecule has 0 unspecified atom stereocenters. The minimum absolute atomic E-state index is 0.159. The summed E-state index contributed by atoms with van der Waals surface area (Å²) in [5, 5.41) is 4.01. The molecule has 0 radical (unpaired) electrons. The number of nitrogens with zero attached hydrogens (tertiary/aromatic N) is 1. The number of methoxy groups -OCH3 is 1. The minimum atomic E-state index is -0.259. The van der Waals surface area contributed by atoms with Crippen LogP contribution in [-0.2, 0) is 0 Å². The monoisotopic (exact) mass is 448 g/mol. The second kappa shape index (κ2) is 9.08. The van der Waals surface area contributed by atoms with Gasteiger partial charge in [-0.2, -0.15) is 5.10 Å². The molecule has 0 heterocycles. The number of aryl methyl sites for hydroxylation is 1. The fourth-order valence-corrected chi connectivity index (χ4v) is 2.90. The molecule has 0 fully saturated rings. The van der Waals surface area contributed by atoms with Crippen molar-refractivity contribution in [1.29, 1.82) is 0 Å². The van der Waals surface area contributed by atoms with Crippen LogP contribution in [0.5, 0.6) is 11.5 Å². The summed E-state index contributed by atoms with van der Waals surface area (Å²) >= 11 is 2.13. The predicted molar refractivity (Wildman–Crippen MR) is 106 cm³/mol. The van der Waals surface area contributed by atoms with Gasteiger partial charge in [0.1, 0.15) is 6.61 Å². The summed E-state index contributed by atoms with van der Waals surface area (Å²) in [6, 6.07) is 10.9. The van der Waals surface area contributed by atoms with Crippen LogP contribution in [0.15, 0.2) is 41.5 Å². The predicted octanol–water partition coefficient (Wildman–Crippen LogP) is 3.38. The smallest absolute Gasteiger partial charge is 0.271 e. The van der Waals surface area contributed by atoms with Crippen LogP contribution in [0.4, 0.5) is 0 Å². The molecule has 0 aliphatic heterocycles. The third kappa shape index (κ3) is 4.97. The van der Waals surface area contributed by atoms with E-state index in [9.17, 15) is 4.79 Å². The third-order valence-electron chi connectivity index (χ3n) is 3.32. The molecule has 0 spiro atoms. The first-order valence-corrected chi connectivity index (χ1v) is 8.47. The van der Waals surface area contributed by atoms with Crippen LogP contribution >= 0.6 is 22.6 Å². The molecular weight excluding hydrogens is 431 g/mol. The van der Waals surface area contributed by atoms with Gasteiger partial charge >= 0.3 is 0 Å². The molecule has 6 heteroatoms. The van der Waals surface area contributed by atoms with Crippen molar-refractivity contribution in [3.8, 4) is 23.8 Å². The molecule has 0 saturated heterocycles. The van der Waals surface area contributed by atoms with Gasteiger partial charge in [0.05, 0.1) is 16.9 Å². The zero-order valence-electron chi connectivity index (χ0n) is 13.9.